The highest BCUT2D eigenvalue weighted by atomic mass is 16.5. The summed E-state index contributed by atoms with van der Waals surface area (Å²) in [6, 6.07) is 17.3. The second-order valence-electron chi connectivity index (χ2n) is 6.98. The van der Waals surface area contributed by atoms with Crippen LogP contribution in [0.3, 0.4) is 0 Å². The average Bonchev–Trinajstić information content (AvgIpc) is 2.78. The van der Waals surface area contributed by atoms with E-state index in [1.807, 2.05) is 72.5 Å². The van der Waals surface area contributed by atoms with Crippen LogP contribution in [0.15, 0.2) is 54.6 Å². The molecule has 0 aliphatic carbocycles. The minimum Gasteiger partial charge on any atom is -0.496 e. The summed E-state index contributed by atoms with van der Waals surface area (Å²) >= 11 is 0. The number of hydrogen-bond acceptors (Lipinski definition) is 4. The molecule has 3 rings (SSSR count). The quantitative estimate of drug-likeness (QED) is 0.422. The lowest BCUT2D eigenvalue weighted by Gasteiger charge is -2.31. The lowest BCUT2D eigenvalue weighted by Crippen LogP contribution is -2.41. The van der Waals surface area contributed by atoms with Crippen molar-refractivity contribution in [1.29, 1.82) is 0 Å². The first kappa shape index (κ1) is 20.6. The predicted octanol–water partition coefficient (Wildman–Crippen LogP) is 4.04. The van der Waals surface area contributed by atoms with Crippen molar-refractivity contribution in [2.75, 3.05) is 26.8 Å². The maximum atomic E-state index is 13.4. The average molecular weight is 393 g/mol. The molecule has 2 aromatic carbocycles. The second-order valence-corrected chi connectivity index (χ2v) is 6.98. The number of methoxy groups -OCH3 is 1. The van der Waals surface area contributed by atoms with Gasteiger partial charge in [0.05, 0.1) is 19.6 Å². The van der Waals surface area contributed by atoms with E-state index in [2.05, 4.69) is 0 Å². The molecule has 1 amide bonds. The van der Waals surface area contributed by atoms with E-state index in [-0.39, 0.29) is 17.8 Å². The Labute approximate surface area is 171 Å². The first-order valence-electron chi connectivity index (χ1n) is 10.00. The highest BCUT2D eigenvalue weighted by Gasteiger charge is 2.29. The molecule has 0 aromatic heterocycles. The smallest absolute Gasteiger partial charge is 0.309 e. The predicted molar refractivity (Wildman–Crippen MR) is 113 cm³/mol. The molecule has 5 heteroatoms. The van der Waals surface area contributed by atoms with Gasteiger partial charge < -0.3 is 14.4 Å². The Morgan fingerprint density at radius 1 is 1.03 bits per heavy atom. The lowest BCUT2D eigenvalue weighted by molar-refractivity contribution is -0.150. The molecule has 0 N–H and O–H groups in total. The molecule has 1 fully saturated rings. The van der Waals surface area contributed by atoms with E-state index in [4.69, 9.17) is 9.47 Å². The molecule has 29 heavy (non-hydrogen) atoms. The van der Waals surface area contributed by atoms with Gasteiger partial charge in [0.1, 0.15) is 5.75 Å². The maximum Gasteiger partial charge on any atom is 0.309 e. The number of esters is 1. The first-order chi connectivity index (χ1) is 14.1. The van der Waals surface area contributed by atoms with Crippen LogP contribution in [0.25, 0.3) is 11.6 Å². The summed E-state index contributed by atoms with van der Waals surface area (Å²) in [5, 5.41) is 0. The molecule has 1 heterocycles. The van der Waals surface area contributed by atoms with Gasteiger partial charge in [0, 0.05) is 24.2 Å². The molecule has 0 unspecified atom stereocenters. The second kappa shape index (κ2) is 9.92. The molecule has 2 aromatic rings. The van der Waals surface area contributed by atoms with Crippen LogP contribution < -0.4 is 4.74 Å². The molecule has 1 saturated heterocycles. The molecule has 1 aliphatic rings. The monoisotopic (exact) mass is 393 g/mol. The van der Waals surface area contributed by atoms with E-state index in [1.165, 1.54) is 0 Å². The summed E-state index contributed by atoms with van der Waals surface area (Å²) in [5.41, 5.74) is 2.32. The number of hydrogen-bond donors (Lipinski definition) is 0. The summed E-state index contributed by atoms with van der Waals surface area (Å²) in [6.07, 6.45) is 3.14. The van der Waals surface area contributed by atoms with E-state index >= 15 is 0 Å². The standard InChI is InChI=1S/C24H27NO4/c1-3-29-24(27)19-13-15-25(16-14-19)23(26)21(18-9-5-4-6-10-18)17-20-11-7-8-12-22(20)28-2/h4-12,17,19H,3,13-16H2,1-2H3/b21-17+. The number of nitrogens with zero attached hydrogens (tertiary/aromatic N) is 1. The molecule has 0 bridgehead atoms. The van der Waals surface area contributed by atoms with Gasteiger partial charge in [-0.25, -0.2) is 0 Å². The number of rotatable bonds is 6. The number of amides is 1. The fourth-order valence-corrected chi connectivity index (χ4v) is 3.58. The van der Waals surface area contributed by atoms with Gasteiger partial charge in [-0.3, -0.25) is 9.59 Å². The molecular weight excluding hydrogens is 366 g/mol. The summed E-state index contributed by atoms with van der Waals surface area (Å²) in [5.74, 6) is 0.393. The minimum atomic E-state index is -0.160. The van der Waals surface area contributed by atoms with Gasteiger partial charge in [-0.2, -0.15) is 0 Å². The maximum absolute atomic E-state index is 13.4. The number of piperidine rings is 1. The van der Waals surface area contributed by atoms with Crippen molar-refractivity contribution in [2.24, 2.45) is 5.92 Å². The summed E-state index contributed by atoms with van der Waals surface area (Å²) in [6.45, 7) is 3.28. The third kappa shape index (κ3) is 5.05. The van der Waals surface area contributed by atoms with Crippen LogP contribution in [0, 0.1) is 5.92 Å². The van der Waals surface area contributed by atoms with Crippen molar-refractivity contribution in [1.82, 2.24) is 4.90 Å². The third-order valence-corrected chi connectivity index (χ3v) is 5.16. The van der Waals surface area contributed by atoms with Crippen molar-refractivity contribution in [3.8, 4) is 5.75 Å². The molecule has 152 valence electrons. The zero-order valence-corrected chi connectivity index (χ0v) is 17.0. The third-order valence-electron chi connectivity index (χ3n) is 5.16. The van der Waals surface area contributed by atoms with Crippen molar-refractivity contribution in [2.45, 2.75) is 19.8 Å². The Hall–Kier alpha value is -3.08. The van der Waals surface area contributed by atoms with E-state index < -0.39 is 0 Å². The van der Waals surface area contributed by atoms with Gasteiger partial charge in [-0.15, -0.1) is 0 Å². The van der Waals surface area contributed by atoms with Crippen molar-refractivity contribution in [3.05, 3.63) is 65.7 Å². The van der Waals surface area contributed by atoms with Crippen molar-refractivity contribution in [3.63, 3.8) is 0 Å². The van der Waals surface area contributed by atoms with Crippen molar-refractivity contribution >= 4 is 23.5 Å². The topological polar surface area (TPSA) is 55.8 Å². The van der Waals surface area contributed by atoms with E-state index in [0.717, 1.165) is 16.9 Å². The number of carbonyl (C=O) groups is 2. The molecule has 5 nitrogen and oxygen atoms in total. The normalized spacial score (nSPS) is 15.1. The number of ether oxygens (including phenoxy) is 2. The minimum absolute atomic E-state index is 0.0376. The number of likely N-dealkylation sites (tertiary alicyclic amines) is 1. The molecular formula is C24H27NO4. The van der Waals surface area contributed by atoms with Crippen LogP contribution in [0.4, 0.5) is 0 Å². The molecule has 0 radical (unpaired) electrons. The fourth-order valence-electron chi connectivity index (χ4n) is 3.58. The summed E-state index contributed by atoms with van der Waals surface area (Å²) in [4.78, 5) is 27.2. The van der Waals surface area contributed by atoms with Gasteiger partial charge in [0.15, 0.2) is 0 Å². The Morgan fingerprint density at radius 3 is 2.34 bits per heavy atom. The summed E-state index contributed by atoms with van der Waals surface area (Å²) < 4.78 is 10.6. The molecule has 0 spiro atoms. The molecule has 1 aliphatic heterocycles. The fraction of sp³-hybridized carbons (Fsp3) is 0.333. The van der Waals surface area contributed by atoms with Gasteiger partial charge in [0.2, 0.25) is 0 Å². The van der Waals surface area contributed by atoms with Gasteiger partial charge in [-0.1, -0.05) is 48.5 Å². The Bertz CT molecular complexity index is 867. The largest absolute Gasteiger partial charge is 0.496 e. The SMILES string of the molecule is CCOC(=O)C1CCN(C(=O)/C(=C/c2ccccc2OC)c2ccccc2)CC1. The van der Waals surface area contributed by atoms with Crippen LogP contribution in [0.1, 0.15) is 30.9 Å². The zero-order valence-electron chi connectivity index (χ0n) is 17.0. The molecule has 0 saturated carbocycles. The van der Waals surface area contributed by atoms with Gasteiger partial charge in [0.25, 0.3) is 5.91 Å². The highest BCUT2D eigenvalue weighted by Crippen LogP contribution is 2.28. The van der Waals surface area contributed by atoms with Crippen LogP contribution in [0.2, 0.25) is 0 Å². The Morgan fingerprint density at radius 2 is 1.69 bits per heavy atom. The van der Waals surface area contributed by atoms with E-state index in [9.17, 15) is 9.59 Å². The Balaban J connectivity index is 1.85. The summed E-state index contributed by atoms with van der Waals surface area (Å²) in [7, 11) is 1.62. The van der Waals surface area contributed by atoms with Crippen LogP contribution >= 0.6 is 0 Å². The van der Waals surface area contributed by atoms with E-state index in [0.29, 0.717) is 38.1 Å². The Kier molecular flexibility index (Phi) is 7.06. The molecule has 0 atom stereocenters. The van der Waals surface area contributed by atoms with E-state index in [1.54, 1.807) is 7.11 Å². The van der Waals surface area contributed by atoms with Gasteiger partial charge in [-0.05, 0) is 37.5 Å². The number of para-hydroxylation sites is 1. The first-order valence-corrected chi connectivity index (χ1v) is 10.00. The lowest BCUT2D eigenvalue weighted by atomic mass is 9.95. The van der Waals surface area contributed by atoms with Crippen molar-refractivity contribution < 1.29 is 19.1 Å². The number of benzene rings is 2. The van der Waals surface area contributed by atoms with Crippen LogP contribution in [-0.2, 0) is 14.3 Å². The van der Waals surface area contributed by atoms with Crippen LogP contribution in [-0.4, -0.2) is 43.6 Å². The van der Waals surface area contributed by atoms with Gasteiger partial charge >= 0.3 is 5.97 Å². The zero-order chi connectivity index (χ0) is 20.6. The highest BCUT2D eigenvalue weighted by molar-refractivity contribution is 6.24. The number of carbonyl (C=O) groups excluding carboxylic acids is 2. The van der Waals surface area contributed by atoms with Crippen LogP contribution in [0.5, 0.6) is 5.75 Å².